The van der Waals surface area contributed by atoms with E-state index in [1.807, 2.05) is 69.3 Å². The average Bonchev–Trinajstić information content (AvgIpc) is 3.51. The molecule has 2 heterocycles. The predicted octanol–water partition coefficient (Wildman–Crippen LogP) is 7.83. The highest BCUT2D eigenvalue weighted by molar-refractivity contribution is 7.13. The summed E-state index contributed by atoms with van der Waals surface area (Å²) in [5.41, 5.74) is 3.34. The average molecular weight is 601 g/mol. The van der Waals surface area contributed by atoms with E-state index < -0.39 is 11.9 Å². The van der Waals surface area contributed by atoms with Crippen LogP contribution in [0.2, 0.25) is 0 Å². The van der Waals surface area contributed by atoms with E-state index in [1.165, 1.54) is 37.0 Å². The molecular weight excluding hydrogens is 560 g/mol. The van der Waals surface area contributed by atoms with Crippen molar-refractivity contribution in [2.75, 3.05) is 6.61 Å². The molecule has 4 rings (SSSR count). The zero-order valence-electron chi connectivity index (χ0n) is 25.4. The highest BCUT2D eigenvalue weighted by atomic mass is 32.1. The third-order valence-electron chi connectivity index (χ3n) is 7.14. The number of benzene rings is 2. The fraction of sp³-hybridized carbons (Fsp3) is 0.412. The number of ketones is 1. The van der Waals surface area contributed by atoms with Gasteiger partial charge in [-0.05, 0) is 36.1 Å². The van der Waals surface area contributed by atoms with Crippen LogP contribution in [0.5, 0.6) is 5.75 Å². The summed E-state index contributed by atoms with van der Waals surface area (Å²) < 4.78 is 5.87. The van der Waals surface area contributed by atoms with Gasteiger partial charge in [-0.3, -0.25) is 9.59 Å². The van der Waals surface area contributed by atoms with Gasteiger partial charge in [-0.1, -0.05) is 101 Å². The van der Waals surface area contributed by atoms with Crippen molar-refractivity contribution in [3.63, 3.8) is 0 Å². The summed E-state index contributed by atoms with van der Waals surface area (Å²) in [4.78, 5) is 33.9. The number of hydrogen-bond donors (Lipinski definition) is 1. The summed E-state index contributed by atoms with van der Waals surface area (Å²) in [6.07, 6.45) is 9.74. The van der Waals surface area contributed by atoms with E-state index >= 15 is 0 Å². The Hall–Kier alpha value is -3.98. The lowest BCUT2D eigenvalue weighted by atomic mass is 9.94. The molecule has 0 saturated carbocycles. The Kier molecular flexibility index (Phi) is 11.1. The highest BCUT2D eigenvalue weighted by Crippen LogP contribution is 2.28. The van der Waals surface area contributed by atoms with Gasteiger partial charge in [0, 0.05) is 35.4 Å². The van der Waals surface area contributed by atoms with Crippen LogP contribution in [0.15, 0.2) is 60.9 Å². The largest absolute Gasteiger partial charge is 0.494 e. The van der Waals surface area contributed by atoms with Gasteiger partial charge in [0.25, 0.3) is 0 Å². The van der Waals surface area contributed by atoms with Gasteiger partial charge in [0.1, 0.15) is 10.8 Å². The van der Waals surface area contributed by atoms with E-state index in [0.717, 1.165) is 46.0 Å². The quantitative estimate of drug-likeness (QED) is 0.108. The number of Topliss-reactive ketones (excluding diaryl/α,β-unsaturated/α-hetero) is 1. The molecule has 0 saturated heterocycles. The number of carbonyl (C=O) groups excluding carboxylic acids is 1. The standard InChI is InChI=1S/C34H40N4O4S/c1-5-6-7-8-9-18-42-28-16-14-24(15-17-28)27-21-35-30(36-22-27)25-12-10-23(11-13-25)19-26(32(40)41)20-29(39)31-37-38-33(43-31)34(2,3)4/h10-17,21-22,26H,5-9,18-20H2,1-4H3,(H,40,41)/t26-/m1/s1. The molecule has 1 atom stereocenters. The van der Waals surface area contributed by atoms with Crippen molar-refractivity contribution in [3.8, 4) is 28.3 Å². The van der Waals surface area contributed by atoms with Crippen LogP contribution < -0.4 is 4.74 Å². The molecule has 1 N–H and O–H groups in total. The molecule has 0 aliphatic carbocycles. The Labute approximate surface area is 257 Å². The van der Waals surface area contributed by atoms with E-state index in [0.29, 0.717) is 5.82 Å². The lowest BCUT2D eigenvalue weighted by molar-refractivity contribution is -0.141. The maximum atomic E-state index is 12.8. The van der Waals surface area contributed by atoms with Crippen molar-refractivity contribution in [3.05, 3.63) is 76.5 Å². The Morgan fingerprint density at radius 3 is 2.12 bits per heavy atom. The van der Waals surface area contributed by atoms with Crippen LogP contribution in [0.25, 0.3) is 22.5 Å². The fourth-order valence-electron chi connectivity index (χ4n) is 4.54. The second kappa shape index (κ2) is 15.0. The smallest absolute Gasteiger partial charge is 0.307 e. The fourth-order valence-corrected chi connectivity index (χ4v) is 5.39. The number of carbonyl (C=O) groups is 2. The first-order valence-corrected chi connectivity index (χ1v) is 15.7. The van der Waals surface area contributed by atoms with Gasteiger partial charge in [-0.2, -0.15) is 0 Å². The zero-order valence-corrected chi connectivity index (χ0v) is 26.2. The zero-order chi connectivity index (χ0) is 30.8. The number of carboxylic acids is 1. The highest BCUT2D eigenvalue weighted by Gasteiger charge is 2.26. The van der Waals surface area contributed by atoms with Crippen molar-refractivity contribution in [1.82, 2.24) is 20.2 Å². The van der Waals surface area contributed by atoms with Crippen LogP contribution in [0.1, 0.15) is 86.6 Å². The van der Waals surface area contributed by atoms with E-state index in [9.17, 15) is 14.7 Å². The molecule has 8 nitrogen and oxygen atoms in total. The first-order valence-electron chi connectivity index (χ1n) is 14.9. The molecule has 0 aliphatic rings. The van der Waals surface area contributed by atoms with Crippen LogP contribution in [0.3, 0.4) is 0 Å². The number of aliphatic carboxylic acids is 1. The number of unbranched alkanes of at least 4 members (excludes halogenated alkanes) is 4. The number of carboxylic acid groups (broad SMARTS) is 1. The summed E-state index contributed by atoms with van der Waals surface area (Å²) in [5, 5.41) is 18.9. The van der Waals surface area contributed by atoms with Crippen molar-refractivity contribution in [1.29, 1.82) is 0 Å². The molecule has 0 unspecified atom stereocenters. The van der Waals surface area contributed by atoms with E-state index in [2.05, 4.69) is 27.1 Å². The molecule has 2 aromatic carbocycles. The minimum atomic E-state index is -1.01. The molecule has 0 spiro atoms. The molecule has 0 fully saturated rings. The summed E-state index contributed by atoms with van der Waals surface area (Å²) >= 11 is 1.23. The predicted molar refractivity (Wildman–Crippen MR) is 170 cm³/mol. The van der Waals surface area contributed by atoms with E-state index in [4.69, 9.17) is 4.74 Å². The second-order valence-electron chi connectivity index (χ2n) is 11.8. The van der Waals surface area contributed by atoms with Gasteiger partial charge in [0.05, 0.1) is 12.5 Å². The normalized spacial score (nSPS) is 12.2. The minimum absolute atomic E-state index is 0.132. The minimum Gasteiger partial charge on any atom is -0.494 e. The monoisotopic (exact) mass is 600 g/mol. The topological polar surface area (TPSA) is 115 Å². The van der Waals surface area contributed by atoms with Crippen LogP contribution >= 0.6 is 11.3 Å². The summed E-state index contributed by atoms with van der Waals surface area (Å²) in [5.74, 6) is -0.738. The van der Waals surface area contributed by atoms with Crippen molar-refractivity contribution < 1.29 is 19.4 Å². The molecule has 0 amide bonds. The Morgan fingerprint density at radius 1 is 0.860 bits per heavy atom. The molecule has 43 heavy (non-hydrogen) atoms. The van der Waals surface area contributed by atoms with Gasteiger partial charge < -0.3 is 9.84 Å². The van der Waals surface area contributed by atoms with Crippen LogP contribution in [-0.2, 0) is 16.6 Å². The molecule has 9 heteroatoms. The first kappa shape index (κ1) is 31.9. The van der Waals surface area contributed by atoms with Crippen molar-refractivity contribution >= 4 is 23.1 Å². The van der Waals surface area contributed by atoms with Crippen molar-refractivity contribution in [2.24, 2.45) is 5.92 Å². The number of aromatic nitrogens is 4. The van der Waals surface area contributed by atoms with Crippen LogP contribution in [0, 0.1) is 5.92 Å². The van der Waals surface area contributed by atoms with Crippen LogP contribution in [-0.4, -0.2) is 43.6 Å². The Morgan fingerprint density at radius 2 is 1.51 bits per heavy atom. The molecule has 0 radical (unpaired) electrons. The lowest BCUT2D eigenvalue weighted by Gasteiger charge is -2.12. The van der Waals surface area contributed by atoms with E-state index in [1.54, 1.807) is 12.4 Å². The summed E-state index contributed by atoms with van der Waals surface area (Å²) in [6.45, 7) is 8.94. The number of hydrogen-bond acceptors (Lipinski definition) is 8. The maximum absolute atomic E-state index is 12.8. The molecule has 2 aromatic heterocycles. The van der Waals surface area contributed by atoms with Gasteiger partial charge >= 0.3 is 5.97 Å². The van der Waals surface area contributed by atoms with Gasteiger partial charge in [-0.15, -0.1) is 10.2 Å². The molecule has 226 valence electrons. The Balaban J connectivity index is 1.32. The number of ether oxygens (including phenoxy) is 1. The van der Waals surface area contributed by atoms with E-state index in [-0.39, 0.29) is 29.0 Å². The lowest BCUT2D eigenvalue weighted by Crippen LogP contribution is -2.20. The van der Waals surface area contributed by atoms with Crippen molar-refractivity contribution in [2.45, 2.75) is 78.1 Å². The van der Waals surface area contributed by atoms with Gasteiger partial charge in [0.15, 0.2) is 16.6 Å². The number of nitrogens with zero attached hydrogens (tertiary/aromatic N) is 4. The number of rotatable bonds is 15. The Bertz CT molecular complexity index is 1480. The maximum Gasteiger partial charge on any atom is 0.307 e. The second-order valence-corrected chi connectivity index (χ2v) is 12.8. The third kappa shape index (κ3) is 9.25. The third-order valence-corrected chi connectivity index (χ3v) is 8.53. The van der Waals surface area contributed by atoms with Crippen LogP contribution in [0.4, 0.5) is 0 Å². The van der Waals surface area contributed by atoms with Gasteiger partial charge in [-0.25, -0.2) is 9.97 Å². The summed E-state index contributed by atoms with van der Waals surface area (Å²) in [6, 6.07) is 15.4. The van der Waals surface area contributed by atoms with Gasteiger partial charge in [0.2, 0.25) is 0 Å². The first-order chi connectivity index (χ1) is 20.6. The SMILES string of the molecule is CCCCCCCOc1ccc(-c2cnc(-c3ccc(C[C@H](CC(=O)c4nnc(C(C)(C)C)s4)C(=O)O)cc3)nc2)cc1. The molecule has 0 aliphatic heterocycles. The summed E-state index contributed by atoms with van der Waals surface area (Å²) in [7, 11) is 0. The molecule has 0 bridgehead atoms. The molecular formula is C34H40N4O4S. The molecule has 4 aromatic rings.